The van der Waals surface area contributed by atoms with Gasteiger partial charge < -0.3 is 10.1 Å². The third-order valence-corrected chi connectivity index (χ3v) is 6.92. The standard InChI is InChI=1S/C23H29N3O4/c1-8-21(4,5)22-13-17(29-6)20(28)25-18(14(2)3)19(27)24-23(22,25)26(30-7)16-12-10-9-11-15(16)22/h8-14,18H,1H2,2-7H3,(H,24,27)/t18-,22-,23+/m1/s1. The third kappa shape index (κ3) is 2.03. The molecular formula is C23H29N3O4. The summed E-state index contributed by atoms with van der Waals surface area (Å²) in [4.78, 5) is 34.5. The lowest BCUT2D eigenvalue weighted by Crippen LogP contribution is -2.77. The topological polar surface area (TPSA) is 71.1 Å². The van der Waals surface area contributed by atoms with Gasteiger partial charge in [0.2, 0.25) is 11.7 Å². The first-order chi connectivity index (χ1) is 14.1. The fourth-order valence-electron chi connectivity index (χ4n) is 5.52. The smallest absolute Gasteiger partial charge is 0.292 e. The summed E-state index contributed by atoms with van der Waals surface area (Å²) < 4.78 is 5.57. The SMILES string of the molecule is C=CC(C)(C)[C@]12C=C(OC)C(=O)N3[C@H](C(C)C)C(=O)N[C@]31N(OC)c1ccccc12. The lowest BCUT2D eigenvalue weighted by atomic mass is 9.57. The molecule has 1 aromatic carbocycles. The second-order valence-corrected chi connectivity index (χ2v) is 8.97. The van der Waals surface area contributed by atoms with Crippen LogP contribution >= 0.6 is 0 Å². The Morgan fingerprint density at radius 1 is 1.23 bits per heavy atom. The van der Waals surface area contributed by atoms with E-state index < -0.39 is 22.7 Å². The number of anilines is 1. The first kappa shape index (κ1) is 20.5. The molecule has 3 aliphatic rings. The highest BCUT2D eigenvalue weighted by atomic mass is 16.7. The monoisotopic (exact) mass is 411 g/mol. The molecule has 0 saturated carbocycles. The molecule has 3 heterocycles. The average molecular weight is 412 g/mol. The van der Waals surface area contributed by atoms with Crippen molar-refractivity contribution in [3.05, 3.63) is 54.3 Å². The Labute approximate surface area is 177 Å². The molecule has 1 aromatic rings. The van der Waals surface area contributed by atoms with E-state index in [1.165, 1.54) is 7.11 Å². The number of allylic oxidation sites excluding steroid dienone is 1. The molecule has 0 radical (unpaired) electrons. The minimum absolute atomic E-state index is 0.114. The zero-order chi connectivity index (χ0) is 22.1. The Kier molecular flexibility index (Phi) is 4.33. The summed E-state index contributed by atoms with van der Waals surface area (Å²) >= 11 is 0. The number of nitrogens with one attached hydrogen (secondary N) is 1. The third-order valence-electron chi connectivity index (χ3n) is 6.92. The van der Waals surface area contributed by atoms with Crippen LogP contribution in [-0.2, 0) is 24.6 Å². The summed E-state index contributed by atoms with van der Waals surface area (Å²) in [5.74, 6) is -1.77. The Hall–Kier alpha value is -2.80. The second-order valence-electron chi connectivity index (χ2n) is 8.97. The van der Waals surface area contributed by atoms with Crippen molar-refractivity contribution in [3.63, 3.8) is 0 Å². The number of ether oxygens (including phenoxy) is 1. The van der Waals surface area contributed by atoms with Gasteiger partial charge in [-0.15, -0.1) is 6.58 Å². The number of benzene rings is 1. The molecule has 7 nitrogen and oxygen atoms in total. The van der Waals surface area contributed by atoms with Crippen molar-refractivity contribution in [2.45, 2.75) is 44.9 Å². The van der Waals surface area contributed by atoms with Crippen LogP contribution in [0.3, 0.4) is 0 Å². The van der Waals surface area contributed by atoms with Crippen LogP contribution in [0.15, 0.2) is 48.8 Å². The van der Waals surface area contributed by atoms with Crippen molar-refractivity contribution < 1.29 is 19.2 Å². The number of hydrogen-bond donors (Lipinski definition) is 1. The number of rotatable bonds is 5. The molecule has 0 bridgehead atoms. The number of hydroxylamine groups is 1. The van der Waals surface area contributed by atoms with E-state index in [2.05, 4.69) is 11.9 Å². The van der Waals surface area contributed by atoms with E-state index in [0.29, 0.717) is 0 Å². The van der Waals surface area contributed by atoms with Gasteiger partial charge in [0.25, 0.3) is 5.91 Å². The molecule has 7 heteroatoms. The predicted molar refractivity (Wildman–Crippen MR) is 113 cm³/mol. The number of para-hydroxylation sites is 1. The molecule has 160 valence electrons. The fourth-order valence-corrected chi connectivity index (χ4v) is 5.52. The minimum Gasteiger partial charge on any atom is -0.491 e. The van der Waals surface area contributed by atoms with Gasteiger partial charge in [0, 0.05) is 5.41 Å². The Morgan fingerprint density at radius 3 is 2.47 bits per heavy atom. The van der Waals surface area contributed by atoms with Gasteiger partial charge >= 0.3 is 0 Å². The molecule has 2 amide bonds. The molecule has 0 aromatic heterocycles. The van der Waals surface area contributed by atoms with Crippen LogP contribution in [-0.4, -0.2) is 42.8 Å². The predicted octanol–water partition coefficient (Wildman–Crippen LogP) is 2.70. The maximum Gasteiger partial charge on any atom is 0.292 e. The molecule has 1 saturated heterocycles. The quantitative estimate of drug-likeness (QED) is 0.755. The molecule has 4 rings (SSSR count). The fraction of sp³-hybridized carbons (Fsp3) is 0.478. The van der Waals surface area contributed by atoms with Crippen LogP contribution in [0.4, 0.5) is 5.69 Å². The van der Waals surface area contributed by atoms with Crippen molar-refractivity contribution in [2.75, 3.05) is 19.3 Å². The van der Waals surface area contributed by atoms with Gasteiger partial charge in [-0.2, -0.15) is 0 Å². The number of carbonyl (C=O) groups excluding carboxylic acids is 2. The van der Waals surface area contributed by atoms with E-state index in [0.717, 1.165) is 11.3 Å². The van der Waals surface area contributed by atoms with Crippen LogP contribution in [0, 0.1) is 11.3 Å². The van der Waals surface area contributed by atoms with Crippen molar-refractivity contribution >= 4 is 17.5 Å². The second kappa shape index (κ2) is 6.35. The summed E-state index contributed by atoms with van der Waals surface area (Å²) in [6.07, 6.45) is 3.70. The maximum atomic E-state index is 13.6. The van der Waals surface area contributed by atoms with Crippen LogP contribution in [0.2, 0.25) is 0 Å². The average Bonchev–Trinajstić information content (AvgIpc) is 3.16. The Bertz CT molecular complexity index is 969. The van der Waals surface area contributed by atoms with Crippen LogP contribution < -0.4 is 10.4 Å². The first-order valence-corrected chi connectivity index (χ1v) is 10.1. The zero-order valence-electron chi connectivity index (χ0n) is 18.4. The summed E-state index contributed by atoms with van der Waals surface area (Å²) in [6.45, 7) is 12.0. The number of carbonyl (C=O) groups is 2. The van der Waals surface area contributed by atoms with Crippen molar-refractivity contribution in [1.29, 1.82) is 0 Å². The largest absolute Gasteiger partial charge is 0.491 e. The molecular weight excluding hydrogens is 382 g/mol. The summed E-state index contributed by atoms with van der Waals surface area (Å²) in [5.41, 5.74) is 0.199. The molecule has 1 fully saturated rings. The van der Waals surface area contributed by atoms with Gasteiger partial charge in [0.05, 0.1) is 25.3 Å². The molecule has 3 aliphatic heterocycles. The summed E-state index contributed by atoms with van der Waals surface area (Å²) in [6, 6.07) is 7.13. The first-order valence-electron chi connectivity index (χ1n) is 10.1. The van der Waals surface area contributed by atoms with Gasteiger partial charge in [-0.05, 0) is 23.6 Å². The molecule has 3 atom stereocenters. The summed E-state index contributed by atoms with van der Waals surface area (Å²) in [7, 11) is 3.03. The van der Waals surface area contributed by atoms with Crippen LogP contribution in [0.5, 0.6) is 0 Å². The van der Waals surface area contributed by atoms with Gasteiger partial charge in [-0.3, -0.25) is 19.3 Å². The van der Waals surface area contributed by atoms with Gasteiger partial charge in [-0.25, -0.2) is 5.06 Å². The number of methoxy groups -OCH3 is 1. The Morgan fingerprint density at radius 2 is 1.90 bits per heavy atom. The molecule has 30 heavy (non-hydrogen) atoms. The van der Waals surface area contributed by atoms with Crippen molar-refractivity contribution in [2.24, 2.45) is 11.3 Å². The van der Waals surface area contributed by atoms with Gasteiger partial charge in [0.1, 0.15) is 6.04 Å². The number of hydrogen-bond acceptors (Lipinski definition) is 5. The lowest BCUT2D eigenvalue weighted by molar-refractivity contribution is -0.153. The lowest BCUT2D eigenvalue weighted by Gasteiger charge is -2.57. The highest BCUT2D eigenvalue weighted by Crippen LogP contribution is 2.64. The van der Waals surface area contributed by atoms with E-state index in [4.69, 9.17) is 9.57 Å². The van der Waals surface area contributed by atoms with Gasteiger partial charge in [-0.1, -0.05) is 52.0 Å². The maximum absolute atomic E-state index is 13.6. The van der Waals surface area contributed by atoms with E-state index in [9.17, 15) is 9.59 Å². The number of nitrogens with zero attached hydrogens (tertiary/aromatic N) is 2. The Balaban J connectivity index is 2.20. The highest BCUT2D eigenvalue weighted by Gasteiger charge is 2.77. The van der Waals surface area contributed by atoms with E-state index in [-0.39, 0.29) is 23.5 Å². The van der Waals surface area contributed by atoms with Crippen LogP contribution in [0.25, 0.3) is 0 Å². The zero-order valence-corrected chi connectivity index (χ0v) is 18.4. The molecule has 1 N–H and O–H groups in total. The van der Waals surface area contributed by atoms with Gasteiger partial charge in [0.15, 0.2) is 5.76 Å². The van der Waals surface area contributed by atoms with E-state index >= 15 is 0 Å². The molecule has 0 aliphatic carbocycles. The van der Waals surface area contributed by atoms with Crippen molar-refractivity contribution in [3.8, 4) is 0 Å². The molecule has 1 spiro atoms. The van der Waals surface area contributed by atoms with Crippen LogP contribution in [0.1, 0.15) is 33.3 Å². The van der Waals surface area contributed by atoms with E-state index in [1.54, 1.807) is 17.1 Å². The van der Waals surface area contributed by atoms with Crippen molar-refractivity contribution in [1.82, 2.24) is 10.2 Å². The normalized spacial score (nSPS) is 30.0. The van der Waals surface area contributed by atoms with E-state index in [1.807, 2.05) is 64.1 Å². The minimum atomic E-state index is -1.30. The molecule has 0 unspecified atom stereocenters. The highest BCUT2D eigenvalue weighted by molar-refractivity contribution is 6.02. The summed E-state index contributed by atoms with van der Waals surface area (Å²) in [5, 5.41) is 4.85. The number of amides is 2. The number of fused-ring (bicyclic) bond motifs is 2.